The lowest BCUT2D eigenvalue weighted by atomic mass is 10.1. The van der Waals surface area contributed by atoms with Gasteiger partial charge in [0, 0.05) is 25.1 Å². The molecule has 1 aliphatic rings. The molecule has 1 unspecified atom stereocenters. The molecule has 6 nitrogen and oxygen atoms in total. The van der Waals surface area contributed by atoms with Crippen LogP contribution in [0, 0.1) is 0 Å². The molecule has 1 aliphatic heterocycles. The molecule has 0 radical (unpaired) electrons. The first kappa shape index (κ1) is 17.6. The van der Waals surface area contributed by atoms with Crippen LogP contribution in [0.1, 0.15) is 43.6 Å². The van der Waals surface area contributed by atoms with E-state index in [4.69, 9.17) is 10.2 Å². The number of carbonyl (C=O) groups is 1. The lowest BCUT2D eigenvalue weighted by molar-refractivity contribution is -0.124. The van der Waals surface area contributed by atoms with Gasteiger partial charge in [-0.25, -0.2) is 10.5 Å². The molecule has 2 N–H and O–H groups in total. The second-order valence-electron chi connectivity index (χ2n) is 6.76. The van der Waals surface area contributed by atoms with E-state index in [-0.39, 0.29) is 0 Å². The first-order chi connectivity index (χ1) is 12.1. The summed E-state index contributed by atoms with van der Waals surface area (Å²) in [6.45, 7) is 4.38. The second-order valence-corrected chi connectivity index (χ2v) is 6.76. The summed E-state index contributed by atoms with van der Waals surface area (Å²) in [7, 11) is 2.17. The fourth-order valence-corrected chi connectivity index (χ4v) is 3.52. The molecule has 1 fully saturated rings. The normalized spacial score (nSPS) is 18.4. The molecule has 2 aromatic rings. The zero-order chi connectivity index (χ0) is 17.8. The number of aromatic nitrogens is 2. The van der Waals surface area contributed by atoms with E-state index in [0.29, 0.717) is 6.04 Å². The van der Waals surface area contributed by atoms with Gasteiger partial charge in [0.25, 0.3) is 5.91 Å². The quantitative estimate of drug-likeness (QED) is 0.481. The maximum absolute atomic E-state index is 11.2. The highest BCUT2D eigenvalue weighted by atomic mass is 16.5. The standard InChI is InChI=1S/C19H26N4O2/c1-3-4-5-18-20-16-12-14(7-9-19(24)21-25)6-8-17(16)23(18)15-10-11-22(2)13-15/h6-9,12,15,25H,3-5,10-11,13H2,1-2H3,(H,21,24)/b9-7+. The van der Waals surface area contributed by atoms with Gasteiger partial charge in [-0.3, -0.25) is 10.0 Å². The van der Waals surface area contributed by atoms with Gasteiger partial charge in [0.1, 0.15) is 5.82 Å². The highest BCUT2D eigenvalue weighted by Crippen LogP contribution is 2.29. The molecule has 1 amide bonds. The third-order valence-corrected chi connectivity index (χ3v) is 4.81. The molecular weight excluding hydrogens is 316 g/mol. The average Bonchev–Trinajstić information content (AvgIpc) is 3.19. The summed E-state index contributed by atoms with van der Waals surface area (Å²) < 4.78 is 2.42. The number of aryl methyl sites for hydroxylation is 1. The number of imidazole rings is 1. The Morgan fingerprint density at radius 2 is 2.32 bits per heavy atom. The summed E-state index contributed by atoms with van der Waals surface area (Å²) in [6.07, 6.45) is 7.41. The van der Waals surface area contributed by atoms with Gasteiger partial charge in [0.15, 0.2) is 0 Å². The number of amides is 1. The Morgan fingerprint density at radius 3 is 3.00 bits per heavy atom. The Bertz CT molecular complexity index is 781. The van der Waals surface area contributed by atoms with Crippen LogP contribution in [-0.4, -0.2) is 45.7 Å². The van der Waals surface area contributed by atoms with Crippen LogP contribution >= 0.6 is 0 Å². The van der Waals surface area contributed by atoms with Gasteiger partial charge in [0.2, 0.25) is 0 Å². The van der Waals surface area contributed by atoms with Crippen molar-refractivity contribution in [3.8, 4) is 0 Å². The molecule has 1 saturated heterocycles. The third-order valence-electron chi connectivity index (χ3n) is 4.81. The molecule has 0 spiro atoms. The summed E-state index contributed by atoms with van der Waals surface area (Å²) in [5.41, 5.74) is 4.62. The van der Waals surface area contributed by atoms with Crippen molar-refractivity contribution in [2.24, 2.45) is 0 Å². The first-order valence-corrected chi connectivity index (χ1v) is 8.94. The molecule has 6 heteroatoms. The molecule has 3 rings (SSSR count). The molecule has 1 atom stereocenters. The number of hydrogen-bond acceptors (Lipinski definition) is 4. The lowest BCUT2D eigenvalue weighted by Crippen LogP contribution is -2.18. The minimum atomic E-state index is -0.539. The van der Waals surface area contributed by atoms with E-state index < -0.39 is 5.91 Å². The molecule has 0 aliphatic carbocycles. The van der Waals surface area contributed by atoms with Crippen molar-refractivity contribution in [2.45, 2.75) is 38.6 Å². The predicted octanol–water partition coefficient (Wildman–Crippen LogP) is 2.77. The van der Waals surface area contributed by atoms with Gasteiger partial charge >= 0.3 is 0 Å². The lowest BCUT2D eigenvalue weighted by Gasteiger charge is -2.17. The van der Waals surface area contributed by atoms with Crippen molar-refractivity contribution >= 4 is 23.0 Å². The molecule has 1 aromatic carbocycles. The predicted molar refractivity (Wildman–Crippen MR) is 98.5 cm³/mol. The van der Waals surface area contributed by atoms with E-state index in [2.05, 4.69) is 29.5 Å². The van der Waals surface area contributed by atoms with Crippen LogP contribution in [-0.2, 0) is 11.2 Å². The molecule has 0 saturated carbocycles. The highest BCUT2D eigenvalue weighted by molar-refractivity contribution is 5.91. The maximum atomic E-state index is 11.2. The number of likely N-dealkylation sites (N-methyl/N-ethyl adjacent to an activating group) is 1. The fraction of sp³-hybridized carbons (Fsp3) is 0.474. The first-order valence-electron chi connectivity index (χ1n) is 8.94. The Kier molecular flexibility index (Phi) is 5.50. The van der Waals surface area contributed by atoms with Gasteiger partial charge in [-0.2, -0.15) is 0 Å². The number of benzene rings is 1. The summed E-state index contributed by atoms with van der Waals surface area (Å²) in [5, 5.41) is 8.58. The number of hydroxylamine groups is 1. The van der Waals surface area contributed by atoms with Gasteiger partial charge in [-0.1, -0.05) is 19.4 Å². The van der Waals surface area contributed by atoms with Crippen molar-refractivity contribution < 1.29 is 10.0 Å². The molecule has 1 aromatic heterocycles. The number of likely N-dealkylation sites (tertiary alicyclic amines) is 1. The van der Waals surface area contributed by atoms with Gasteiger partial charge in [0.05, 0.1) is 11.0 Å². The maximum Gasteiger partial charge on any atom is 0.267 e. The van der Waals surface area contributed by atoms with E-state index >= 15 is 0 Å². The Hall–Kier alpha value is -2.18. The smallest absolute Gasteiger partial charge is 0.267 e. The molecule has 25 heavy (non-hydrogen) atoms. The largest absolute Gasteiger partial charge is 0.324 e. The summed E-state index contributed by atoms with van der Waals surface area (Å²) in [5.74, 6) is 0.620. The second kappa shape index (κ2) is 7.80. The number of rotatable bonds is 6. The summed E-state index contributed by atoms with van der Waals surface area (Å²) >= 11 is 0. The van der Waals surface area contributed by atoms with E-state index in [1.807, 2.05) is 12.1 Å². The van der Waals surface area contributed by atoms with Crippen LogP contribution < -0.4 is 5.48 Å². The minimum Gasteiger partial charge on any atom is -0.324 e. The third kappa shape index (κ3) is 3.91. The number of nitrogens with zero attached hydrogens (tertiary/aromatic N) is 3. The summed E-state index contributed by atoms with van der Waals surface area (Å²) in [6, 6.07) is 6.56. The van der Waals surface area contributed by atoms with Crippen molar-refractivity contribution in [2.75, 3.05) is 20.1 Å². The van der Waals surface area contributed by atoms with Gasteiger partial charge in [-0.05, 0) is 50.2 Å². The number of carbonyl (C=O) groups excluding carboxylic acids is 1. The number of unbranched alkanes of at least 4 members (excludes halogenated alkanes) is 1. The van der Waals surface area contributed by atoms with Crippen LogP contribution in [0.25, 0.3) is 17.1 Å². The molecule has 0 bridgehead atoms. The van der Waals surface area contributed by atoms with Crippen molar-refractivity contribution in [3.63, 3.8) is 0 Å². The zero-order valence-electron chi connectivity index (χ0n) is 14.9. The average molecular weight is 342 g/mol. The van der Waals surface area contributed by atoms with E-state index in [1.165, 1.54) is 6.08 Å². The molecule has 2 heterocycles. The Balaban J connectivity index is 1.97. The van der Waals surface area contributed by atoms with E-state index in [0.717, 1.165) is 61.2 Å². The SMILES string of the molecule is CCCCc1nc2cc(/C=C/C(=O)NO)ccc2n1C1CCN(C)C1. The number of nitrogens with one attached hydrogen (secondary N) is 1. The van der Waals surface area contributed by atoms with Gasteiger partial charge < -0.3 is 9.47 Å². The molecule has 134 valence electrons. The minimum absolute atomic E-state index is 0.475. The fourth-order valence-electron chi connectivity index (χ4n) is 3.52. The Labute approximate surface area is 148 Å². The van der Waals surface area contributed by atoms with E-state index in [9.17, 15) is 4.79 Å². The van der Waals surface area contributed by atoms with Crippen LogP contribution in [0.2, 0.25) is 0 Å². The zero-order valence-corrected chi connectivity index (χ0v) is 14.9. The van der Waals surface area contributed by atoms with Crippen molar-refractivity contribution in [3.05, 3.63) is 35.7 Å². The summed E-state index contributed by atoms with van der Waals surface area (Å²) in [4.78, 5) is 18.4. The van der Waals surface area contributed by atoms with Crippen LogP contribution in [0.4, 0.5) is 0 Å². The van der Waals surface area contributed by atoms with Crippen LogP contribution in [0.5, 0.6) is 0 Å². The van der Waals surface area contributed by atoms with E-state index in [1.54, 1.807) is 11.6 Å². The van der Waals surface area contributed by atoms with Crippen LogP contribution in [0.15, 0.2) is 24.3 Å². The van der Waals surface area contributed by atoms with Crippen LogP contribution in [0.3, 0.4) is 0 Å². The number of hydrogen-bond donors (Lipinski definition) is 2. The van der Waals surface area contributed by atoms with Crippen molar-refractivity contribution in [1.82, 2.24) is 19.9 Å². The highest BCUT2D eigenvalue weighted by Gasteiger charge is 2.25. The molecular formula is C19H26N4O2. The van der Waals surface area contributed by atoms with Crippen molar-refractivity contribution in [1.29, 1.82) is 0 Å². The number of fused-ring (bicyclic) bond motifs is 1. The topological polar surface area (TPSA) is 70.4 Å². The Morgan fingerprint density at radius 1 is 1.48 bits per heavy atom. The van der Waals surface area contributed by atoms with Gasteiger partial charge in [-0.15, -0.1) is 0 Å². The monoisotopic (exact) mass is 342 g/mol.